The van der Waals surface area contributed by atoms with Crippen LogP contribution in [0.3, 0.4) is 0 Å². The van der Waals surface area contributed by atoms with Crippen molar-refractivity contribution in [3.05, 3.63) is 35.4 Å². The van der Waals surface area contributed by atoms with E-state index < -0.39 is 5.60 Å². The Hall–Kier alpha value is -2.06. The highest BCUT2D eigenvalue weighted by atomic mass is 16.6. The van der Waals surface area contributed by atoms with Gasteiger partial charge in [0.05, 0.1) is 11.6 Å². The molecule has 0 radical (unpaired) electrons. The zero-order valence-corrected chi connectivity index (χ0v) is 14.1. The lowest BCUT2D eigenvalue weighted by Gasteiger charge is -2.25. The molecule has 2 unspecified atom stereocenters. The molecule has 1 amide bonds. The number of rotatable bonds is 4. The van der Waals surface area contributed by atoms with Crippen LogP contribution in [-0.4, -0.2) is 23.8 Å². The summed E-state index contributed by atoms with van der Waals surface area (Å²) in [6.07, 6.45) is 2.70. The van der Waals surface area contributed by atoms with Crippen LogP contribution in [0.1, 0.15) is 51.2 Å². The molecule has 5 heteroatoms. The molecule has 1 aromatic carbocycles. The number of hydrogen-bond acceptors (Lipinski definition) is 4. The van der Waals surface area contributed by atoms with Gasteiger partial charge in [-0.05, 0) is 57.7 Å². The van der Waals surface area contributed by atoms with Crippen LogP contribution in [0, 0.1) is 11.3 Å². The third-order valence-electron chi connectivity index (χ3n) is 3.84. The Kier molecular flexibility index (Phi) is 5.62. The number of amides is 1. The first kappa shape index (κ1) is 17.3. The van der Waals surface area contributed by atoms with Crippen LogP contribution in [0.25, 0.3) is 0 Å². The fraction of sp³-hybridized carbons (Fsp3) is 0.556. The monoisotopic (exact) mass is 315 g/mol. The Balaban J connectivity index is 1.87. The van der Waals surface area contributed by atoms with Crippen molar-refractivity contribution in [3.63, 3.8) is 0 Å². The molecule has 1 aliphatic carbocycles. The van der Waals surface area contributed by atoms with Gasteiger partial charge in [-0.25, -0.2) is 4.79 Å². The normalized spacial score (nSPS) is 20.8. The maximum Gasteiger partial charge on any atom is 0.407 e. The van der Waals surface area contributed by atoms with Crippen molar-refractivity contribution in [1.29, 1.82) is 5.26 Å². The van der Waals surface area contributed by atoms with E-state index in [2.05, 4.69) is 16.7 Å². The van der Waals surface area contributed by atoms with E-state index in [0.717, 1.165) is 24.8 Å². The molecular formula is C18H25N3O2. The lowest BCUT2D eigenvalue weighted by atomic mass is 10.1. The molecule has 2 N–H and O–H groups in total. The van der Waals surface area contributed by atoms with Crippen LogP contribution in [0.15, 0.2) is 24.3 Å². The van der Waals surface area contributed by atoms with E-state index in [-0.39, 0.29) is 18.2 Å². The second kappa shape index (κ2) is 7.47. The fourth-order valence-corrected chi connectivity index (χ4v) is 2.84. The van der Waals surface area contributed by atoms with Gasteiger partial charge in [-0.1, -0.05) is 12.1 Å². The Morgan fingerprint density at radius 2 is 2.09 bits per heavy atom. The Bertz CT molecular complexity index is 587. The van der Waals surface area contributed by atoms with Gasteiger partial charge in [0.2, 0.25) is 0 Å². The largest absolute Gasteiger partial charge is 0.444 e. The second-order valence-electron chi connectivity index (χ2n) is 6.98. The van der Waals surface area contributed by atoms with Crippen molar-refractivity contribution in [1.82, 2.24) is 10.6 Å². The SMILES string of the molecule is CC(C)(C)OC(=O)NC1CCCC1NCc1cccc(C#N)c1. The minimum Gasteiger partial charge on any atom is -0.444 e. The third-order valence-corrected chi connectivity index (χ3v) is 3.84. The molecule has 2 atom stereocenters. The van der Waals surface area contributed by atoms with Gasteiger partial charge in [-0.3, -0.25) is 0 Å². The molecule has 0 aromatic heterocycles. The first-order valence-corrected chi connectivity index (χ1v) is 8.09. The van der Waals surface area contributed by atoms with E-state index in [1.54, 1.807) is 6.07 Å². The third kappa shape index (κ3) is 5.57. The Morgan fingerprint density at radius 1 is 1.35 bits per heavy atom. The van der Waals surface area contributed by atoms with E-state index in [1.165, 1.54) is 0 Å². The standard InChI is InChI=1S/C18H25N3O2/c1-18(2,3)23-17(22)21-16-9-5-8-15(16)20-12-14-7-4-6-13(10-14)11-19/h4,6-7,10,15-16,20H,5,8-9,12H2,1-3H3,(H,21,22). The summed E-state index contributed by atoms with van der Waals surface area (Å²) in [7, 11) is 0. The van der Waals surface area contributed by atoms with Crippen LogP contribution < -0.4 is 10.6 Å². The zero-order valence-electron chi connectivity index (χ0n) is 14.1. The quantitative estimate of drug-likeness (QED) is 0.895. The lowest BCUT2D eigenvalue weighted by Crippen LogP contribution is -2.47. The number of carbonyl (C=O) groups is 1. The zero-order chi connectivity index (χ0) is 16.9. The van der Waals surface area contributed by atoms with Crippen molar-refractivity contribution in [2.24, 2.45) is 0 Å². The average Bonchev–Trinajstić information content (AvgIpc) is 2.90. The number of nitrogens with zero attached hydrogens (tertiary/aromatic N) is 1. The molecule has 0 aliphatic heterocycles. The number of nitriles is 1. The number of benzene rings is 1. The van der Waals surface area contributed by atoms with Gasteiger partial charge < -0.3 is 15.4 Å². The topological polar surface area (TPSA) is 74.2 Å². The smallest absolute Gasteiger partial charge is 0.407 e. The molecule has 0 saturated heterocycles. The summed E-state index contributed by atoms with van der Waals surface area (Å²) in [5.74, 6) is 0. The summed E-state index contributed by atoms with van der Waals surface area (Å²) in [6.45, 7) is 6.27. The van der Waals surface area contributed by atoms with Gasteiger partial charge in [0.25, 0.3) is 0 Å². The molecule has 1 aliphatic rings. The summed E-state index contributed by atoms with van der Waals surface area (Å²) >= 11 is 0. The summed E-state index contributed by atoms with van der Waals surface area (Å²) in [5.41, 5.74) is 1.26. The summed E-state index contributed by atoms with van der Waals surface area (Å²) in [5, 5.41) is 15.4. The number of carbonyl (C=O) groups excluding carboxylic acids is 1. The Labute approximate surface area is 138 Å². The number of ether oxygens (including phenoxy) is 1. The van der Waals surface area contributed by atoms with Gasteiger partial charge in [0, 0.05) is 18.6 Å². The number of alkyl carbamates (subject to hydrolysis) is 1. The minimum absolute atomic E-state index is 0.0870. The van der Waals surface area contributed by atoms with E-state index in [0.29, 0.717) is 12.1 Å². The van der Waals surface area contributed by atoms with Crippen LogP contribution in [-0.2, 0) is 11.3 Å². The molecule has 1 saturated carbocycles. The molecule has 124 valence electrons. The minimum atomic E-state index is -0.483. The van der Waals surface area contributed by atoms with Gasteiger partial charge in [0.15, 0.2) is 0 Å². The highest BCUT2D eigenvalue weighted by Gasteiger charge is 2.29. The number of nitrogens with one attached hydrogen (secondary N) is 2. The van der Waals surface area contributed by atoms with Gasteiger partial charge in [-0.2, -0.15) is 5.26 Å². The molecule has 0 heterocycles. The maximum atomic E-state index is 11.9. The number of hydrogen-bond donors (Lipinski definition) is 2. The van der Waals surface area contributed by atoms with Crippen molar-refractivity contribution < 1.29 is 9.53 Å². The highest BCUT2D eigenvalue weighted by Crippen LogP contribution is 2.20. The van der Waals surface area contributed by atoms with E-state index in [1.807, 2.05) is 39.0 Å². The summed E-state index contributed by atoms with van der Waals surface area (Å²) in [4.78, 5) is 11.9. The predicted molar refractivity (Wildman–Crippen MR) is 88.8 cm³/mol. The van der Waals surface area contributed by atoms with Crippen LogP contribution in [0.2, 0.25) is 0 Å². The fourth-order valence-electron chi connectivity index (χ4n) is 2.84. The molecule has 2 rings (SSSR count). The molecular weight excluding hydrogens is 290 g/mol. The van der Waals surface area contributed by atoms with Gasteiger partial charge in [-0.15, -0.1) is 0 Å². The summed E-state index contributed by atoms with van der Waals surface area (Å²) < 4.78 is 5.33. The van der Waals surface area contributed by atoms with Crippen molar-refractivity contribution in [3.8, 4) is 6.07 Å². The molecule has 5 nitrogen and oxygen atoms in total. The second-order valence-corrected chi connectivity index (χ2v) is 6.98. The van der Waals surface area contributed by atoms with E-state index >= 15 is 0 Å². The first-order chi connectivity index (χ1) is 10.9. The van der Waals surface area contributed by atoms with E-state index in [9.17, 15) is 4.79 Å². The van der Waals surface area contributed by atoms with Crippen molar-refractivity contribution in [2.45, 2.75) is 64.3 Å². The van der Waals surface area contributed by atoms with Crippen LogP contribution in [0.5, 0.6) is 0 Å². The van der Waals surface area contributed by atoms with E-state index in [4.69, 9.17) is 10.00 Å². The lowest BCUT2D eigenvalue weighted by molar-refractivity contribution is 0.0498. The maximum absolute atomic E-state index is 11.9. The van der Waals surface area contributed by atoms with Gasteiger partial charge in [0.1, 0.15) is 5.60 Å². The highest BCUT2D eigenvalue weighted by molar-refractivity contribution is 5.68. The van der Waals surface area contributed by atoms with Crippen molar-refractivity contribution >= 4 is 6.09 Å². The van der Waals surface area contributed by atoms with Crippen molar-refractivity contribution in [2.75, 3.05) is 0 Å². The Morgan fingerprint density at radius 3 is 2.78 bits per heavy atom. The predicted octanol–water partition coefficient (Wildman–Crippen LogP) is 3.09. The molecule has 23 heavy (non-hydrogen) atoms. The molecule has 0 spiro atoms. The van der Waals surface area contributed by atoms with Crippen LogP contribution in [0.4, 0.5) is 4.79 Å². The molecule has 0 bridgehead atoms. The molecule has 1 aromatic rings. The van der Waals surface area contributed by atoms with Crippen LogP contribution >= 0.6 is 0 Å². The van der Waals surface area contributed by atoms with Gasteiger partial charge >= 0.3 is 6.09 Å². The average molecular weight is 315 g/mol. The molecule has 1 fully saturated rings. The first-order valence-electron chi connectivity index (χ1n) is 8.09. The summed E-state index contributed by atoms with van der Waals surface area (Å²) in [6, 6.07) is 10.0.